The molecule has 0 unspecified atom stereocenters. The van der Waals surface area contributed by atoms with Crippen molar-refractivity contribution in [2.45, 2.75) is 38.4 Å². The molecule has 1 spiro atoms. The van der Waals surface area contributed by atoms with Gasteiger partial charge in [-0.3, -0.25) is 14.6 Å². The first-order chi connectivity index (χ1) is 17.6. The van der Waals surface area contributed by atoms with Gasteiger partial charge in [0, 0.05) is 26.2 Å². The molecule has 2 fully saturated rings. The Labute approximate surface area is 211 Å². The lowest BCUT2D eigenvalue weighted by Crippen LogP contribution is -2.56. The fourth-order valence-electron chi connectivity index (χ4n) is 6.12. The summed E-state index contributed by atoms with van der Waals surface area (Å²) in [6.45, 7) is 5.29. The zero-order valence-corrected chi connectivity index (χ0v) is 20.7. The SMILES string of the molecule is CCN1C(=O)N(Cc2ccc3ccccc3c2)C(=O)C12CCN(Cc1cccc3ccccc13)CC2. The Morgan fingerprint density at radius 1 is 0.750 bits per heavy atom. The lowest BCUT2D eigenvalue weighted by molar-refractivity contribution is -0.136. The smallest absolute Gasteiger partial charge is 0.310 e. The number of urea groups is 1. The molecule has 2 aliphatic heterocycles. The molecule has 2 heterocycles. The number of piperidine rings is 1. The molecule has 4 aromatic carbocycles. The van der Waals surface area contributed by atoms with Crippen molar-refractivity contribution in [2.75, 3.05) is 19.6 Å². The van der Waals surface area contributed by atoms with Crippen LogP contribution in [-0.2, 0) is 17.9 Å². The van der Waals surface area contributed by atoms with Crippen LogP contribution < -0.4 is 0 Å². The topological polar surface area (TPSA) is 43.9 Å². The molecule has 0 saturated carbocycles. The van der Waals surface area contributed by atoms with E-state index in [0.717, 1.165) is 36.0 Å². The highest BCUT2D eigenvalue weighted by Gasteiger charge is 2.57. The van der Waals surface area contributed by atoms with E-state index in [0.29, 0.717) is 25.9 Å². The van der Waals surface area contributed by atoms with Gasteiger partial charge in [0.15, 0.2) is 0 Å². The van der Waals surface area contributed by atoms with Crippen LogP contribution in [0.3, 0.4) is 0 Å². The number of benzene rings is 4. The van der Waals surface area contributed by atoms with E-state index in [1.165, 1.54) is 21.2 Å². The van der Waals surface area contributed by atoms with Crippen LogP contribution in [-0.4, -0.2) is 51.8 Å². The Bertz CT molecular complexity index is 1450. The fraction of sp³-hybridized carbons (Fsp3) is 0.290. The number of likely N-dealkylation sites (N-methyl/N-ethyl adjacent to an activating group) is 1. The summed E-state index contributed by atoms with van der Waals surface area (Å²) in [6, 6.07) is 29.1. The molecule has 0 bridgehead atoms. The molecule has 36 heavy (non-hydrogen) atoms. The monoisotopic (exact) mass is 477 g/mol. The molecular weight excluding hydrogens is 446 g/mol. The van der Waals surface area contributed by atoms with Gasteiger partial charge >= 0.3 is 6.03 Å². The molecule has 182 valence electrons. The second-order valence-electron chi connectivity index (χ2n) is 10.0. The van der Waals surface area contributed by atoms with Crippen molar-refractivity contribution < 1.29 is 9.59 Å². The number of carbonyl (C=O) groups is 2. The first kappa shape index (κ1) is 22.7. The summed E-state index contributed by atoms with van der Waals surface area (Å²) in [6.07, 6.45) is 1.34. The number of hydrogen-bond donors (Lipinski definition) is 0. The largest absolute Gasteiger partial charge is 0.327 e. The van der Waals surface area contributed by atoms with Crippen molar-refractivity contribution in [3.63, 3.8) is 0 Å². The maximum Gasteiger partial charge on any atom is 0.327 e. The quantitative estimate of drug-likeness (QED) is 0.341. The molecule has 5 heteroatoms. The molecule has 0 aliphatic carbocycles. The Morgan fingerprint density at radius 3 is 2.22 bits per heavy atom. The highest BCUT2D eigenvalue weighted by Crippen LogP contribution is 2.38. The van der Waals surface area contributed by atoms with E-state index in [1.807, 2.05) is 30.0 Å². The molecular formula is C31H31N3O2. The maximum absolute atomic E-state index is 13.8. The van der Waals surface area contributed by atoms with Gasteiger partial charge in [-0.1, -0.05) is 78.9 Å². The van der Waals surface area contributed by atoms with Crippen LogP contribution >= 0.6 is 0 Å². The standard InChI is InChI=1S/C31H31N3O2/c1-2-34-30(36)33(21-23-14-15-24-8-3-4-10-26(24)20-23)29(35)31(34)16-18-32(19-17-31)22-27-12-7-11-25-9-5-6-13-28(25)27/h3-15,20H,2,16-19,21-22H2,1H3. The van der Waals surface area contributed by atoms with Gasteiger partial charge in [-0.2, -0.15) is 0 Å². The van der Waals surface area contributed by atoms with Crippen LogP contribution in [0.2, 0.25) is 0 Å². The highest BCUT2D eigenvalue weighted by atomic mass is 16.2. The maximum atomic E-state index is 13.8. The van der Waals surface area contributed by atoms with Crippen LogP contribution in [0.5, 0.6) is 0 Å². The number of carbonyl (C=O) groups excluding carboxylic acids is 2. The molecule has 0 N–H and O–H groups in total. The molecule has 6 rings (SSSR count). The van der Waals surface area contributed by atoms with Crippen LogP contribution in [0.4, 0.5) is 4.79 Å². The Kier molecular flexibility index (Phi) is 5.73. The number of fused-ring (bicyclic) bond motifs is 2. The fourth-order valence-corrected chi connectivity index (χ4v) is 6.12. The number of rotatable bonds is 5. The molecule has 2 saturated heterocycles. The summed E-state index contributed by atoms with van der Waals surface area (Å²) in [5, 5.41) is 4.81. The van der Waals surface area contributed by atoms with Crippen molar-refractivity contribution in [3.05, 3.63) is 96.1 Å². The van der Waals surface area contributed by atoms with Crippen molar-refractivity contribution in [3.8, 4) is 0 Å². The molecule has 2 aliphatic rings. The molecule has 3 amide bonds. The van der Waals surface area contributed by atoms with Crippen molar-refractivity contribution in [1.82, 2.24) is 14.7 Å². The third kappa shape index (κ3) is 3.75. The van der Waals surface area contributed by atoms with Gasteiger partial charge in [0.25, 0.3) is 5.91 Å². The highest BCUT2D eigenvalue weighted by molar-refractivity contribution is 6.07. The minimum Gasteiger partial charge on any atom is -0.310 e. The second-order valence-corrected chi connectivity index (χ2v) is 10.0. The van der Waals surface area contributed by atoms with Gasteiger partial charge in [-0.25, -0.2) is 4.79 Å². The summed E-state index contributed by atoms with van der Waals surface area (Å²) in [4.78, 5) is 33.0. The molecule has 5 nitrogen and oxygen atoms in total. The van der Waals surface area contributed by atoms with Gasteiger partial charge < -0.3 is 4.90 Å². The number of nitrogens with zero attached hydrogens (tertiary/aromatic N) is 3. The first-order valence-corrected chi connectivity index (χ1v) is 12.9. The average molecular weight is 478 g/mol. The average Bonchev–Trinajstić information content (AvgIpc) is 3.10. The van der Waals surface area contributed by atoms with E-state index in [-0.39, 0.29) is 11.9 Å². The Hall–Kier alpha value is -3.70. The van der Waals surface area contributed by atoms with Crippen LogP contribution in [0.25, 0.3) is 21.5 Å². The molecule has 0 aromatic heterocycles. The molecule has 4 aromatic rings. The Morgan fingerprint density at radius 2 is 1.44 bits per heavy atom. The third-order valence-corrected chi connectivity index (χ3v) is 8.05. The summed E-state index contributed by atoms with van der Waals surface area (Å²) >= 11 is 0. The normalized spacial score (nSPS) is 18.1. The molecule has 0 atom stereocenters. The third-order valence-electron chi connectivity index (χ3n) is 8.05. The minimum atomic E-state index is -0.724. The lowest BCUT2D eigenvalue weighted by atomic mass is 9.85. The van der Waals surface area contributed by atoms with E-state index in [2.05, 4.69) is 71.6 Å². The summed E-state index contributed by atoms with van der Waals surface area (Å²) in [5.74, 6) is -0.0349. The van der Waals surface area contributed by atoms with Crippen LogP contribution in [0, 0.1) is 0 Å². The van der Waals surface area contributed by atoms with Gasteiger partial charge in [0.1, 0.15) is 5.54 Å². The number of imide groups is 1. The molecule has 0 radical (unpaired) electrons. The summed E-state index contributed by atoms with van der Waals surface area (Å²) < 4.78 is 0. The van der Waals surface area contributed by atoms with E-state index in [9.17, 15) is 9.59 Å². The minimum absolute atomic E-state index is 0.0349. The van der Waals surface area contributed by atoms with E-state index in [1.54, 1.807) is 0 Å². The Balaban J connectivity index is 1.20. The van der Waals surface area contributed by atoms with Crippen molar-refractivity contribution in [1.29, 1.82) is 0 Å². The summed E-state index contributed by atoms with van der Waals surface area (Å²) in [5.41, 5.74) is 1.57. The zero-order chi connectivity index (χ0) is 24.7. The van der Waals surface area contributed by atoms with Gasteiger partial charge in [0.05, 0.1) is 6.54 Å². The van der Waals surface area contributed by atoms with E-state index < -0.39 is 5.54 Å². The van der Waals surface area contributed by atoms with Crippen molar-refractivity contribution in [2.24, 2.45) is 0 Å². The van der Waals surface area contributed by atoms with Crippen LogP contribution in [0.1, 0.15) is 30.9 Å². The lowest BCUT2D eigenvalue weighted by Gasteiger charge is -2.42. The van der Waals surface area contributed by atoms with Gasteiger partial charge in [-0.15, -0.1) is 0 Å². The van der Waals surface area contributed by atoms with Gasteiger partial charge in [-0.05, 0) is 58.5 Å². The predicted octanol–water partition coefficient (Wildman–Crippen LogP) is 5.81. The predicted molar refractivity (Wildman–Crippen MR) is 143 cm³/mol. The number of amides is 3. The number of hydrogen-bond acceptors (Lipinski definition) is 3. The van der Waals surface area contributed by atoms with Crippen molar-refractivity contribution >= 4 is 33.5 Å². The first-order valence-electron chi connectivity index (χ1n) is 12.9. The second kappa shape index (κ2) is 9.07. The zero-order valence-electron chi connectivity index (χ0n) is 20.7. The summed E-state index contributed by atoms with van der Waals surface area (Å²) in [7, 11) is 0. The van der Waals surface area contributed by atoms with E-state index in [4.69, 9.17) is 0 Å². The number of likely N-dealkylation sites (tertiary alicyclic amines) is 1. The van der Waals surface area contributed by atoms with Gasteiger partial charge in [0.2, 0.25) is 0 Å². The van der Waals surface area contributed by atoms with E-state index >= 15 is 0 Å². The van der Waals surface area contributed by atoms with Crippen LogP contribution in [0.15, 0.2) is 84.9 Å².